The van der Waals surface area contributed by atoms with E-state index < -0.39 is 34.8 Å². The average molecular weight is 608 g/mol. The first kappa shape index (κ1) is 30.1. The molecule has 1 aliphatic carbocycles. The van der Waals surface area contributed by atoms with Crippen molar-refractivity contribution in [2.24, 2.45) is 11.1 Å². The van der Waals surface area contributed by atoms with Crippen LogP contribution >= 0.6 is 12.6 Å². The van der Waals surface area contributed by atoms with Crippen molar-refractivity contribution in [2.75, 3.05) is 24.8 Å². The highest BCUT2D eigenvalue weighted by molar-refractivity contribution is 7.80. The lowest BCUT2D eigenvalue weighted by Gasteiger charge is -2.15. The number of thiol groups is 1. The van der Waals surface area contributed by atoms with Gasteiger partial charge < -0.3 is 25.3 Å². The second-order valence-electron chi connectivity index (χ2n) is 10.3. The predicted molar refractivity (Wildman–Crippen MR) is 162 cm³/mol. The number of primary amides is 1. The van der Waals surface area contributed by atoms with E-state index in [2.05, 4.69) is 22.9 Å². The zero-order valence-electron chi connectivity index (χ0n) is 23.4. The van der Waals surface area contributed by atoms with Gasteiger partial charge in [0.15, 0.2) is 23.1 Å². The second-order valence-corrected chi connectivity index (χ2v) is 10.8. The fourth-order valence-corrected chi connectivity index (χ4v) is 5.30. The van der Waals surface area contributed by atoms with E-state index in [1.807, 2.05) is 0 Å². The van der Waals surface area contributed by atoms with Gasteiger partial charge in [0.1, 0.15) is 17.0 Å². The third kappa shape index (κ3) is 6.36. The Balaban J connectivity index is 1.33. The molecule has 2 unspecified atom stereocenters. The standard InChI is InChI=1S/C32H31F2N3O5S/c1-40-28-16-22-25(17-29(28)41-13-3-2-4-14-43)36-12-11-26(22)42-27-10-5-19(15-24(27)34)23-18-32(23,30(35)38)31(39)37-21-8-6-20(33)7-9-21/h5-12,15-17,23,43H,2-4,13-14,18H2,1H3,(H2,35,38)(H,37,39). The van der Waals surface area contributed by atoms with Crippen molar-refractivity contribution in [1.29, 1.82) is 0 Å². The molecule has 43 heavy (non-hydrogen) atoms. The molecule has 1 fully saturated rings. The summed E-state index contributed by atoms with van der Waals surface area (Å²) < 4.78 is 46.0. The van der Waals surface area contributed by atoms with Crippen molar-refractivity contribution in [3.8, 4) is 23.0 Å². The van der Waals surface area contributed by atoms with E-state index in [-0.39, 0.29) is 12.2 Å². The highest BCUT2D eigenvalue weighted by atomic mass is 32.1. The highest BCUT2D eigenvalue weighted by Gasteiger charge is 2.65. The molecule has 1 heterocycles. The first-order chi connectivity index (χ1) is 20.8. The molecular formula is C32H31F2N3O5S. The smallest absolute Gasteiger partial charge is 0.240 e. The molecule has 0 spiro atoms. The number of hydrogen-bond acceptors (Lipinski definition) is 7. The zero-order chi connectivity index (χ0) is 30.6. The summed E-state index contributed by atoms with van der Waals surface area (Å²) in [5.74, 6) is -1.05. The summed E-state index contributed by atoms with van der Waals surface area (Å²) in [6, 6.07) is 14.5. The molecule has 0 bridgehead atoms. The number of nitrogens with two attached hydrogens (primary N) is 1. The maximum absolute atomic E-state index is 15.4. The molecule has 0 aliphatic heterocycles. The lowest BCUT2D eigenvalue weighted by atomic mass is 9.96. The van der Waals surface area contributed by atoms with Crippen molar-refractivity contribution in [2.45, 2.75) is 31.6 Å². The van der Waals surface area contributed by atoms with Crippen LogP contribution in [0, 0.1) is 17.0 Å². The molecule has 4 aromatic rings. The van der Waals surface area contributed by atoms with E-state index in [0.717, 1.165) is 25.0 Å². The van der Waals surface area contributed by atoms with Crippen LogP contribution in [0.1, 0.15) is 37.2 Å². The molecule has 11 heteroatoms. The number of fused-ring (bicyclic) bond motifs is 1. The molecule has 1 aromatic heterocycles. The lowest BCUT2D eigenvalue weighted by molar-refractivity contribution is -0.132. The number of nitrogens with one attached hydrogen (secondary N) is 1. The summed E-state index contributed by atoms with van der Waals surface area (Å²) in [7, 11) is 1.54. The van der Waals surface area contributed by atoms with E-state index in [1.54, 1.807) is 30.5 Å². The average Bonchev–Trinajstić information content (AvgIpc) is 3.77. The van der Waals surface area contributed by atoms with Crippen LogP contribution in [-0.4, -0.2) is 36.3 Å². The number of carbonyl (C=O) groups is 2. The Morgan fingerprint density at radius 2 is 1.79 bits per heavy atom. The van der Waals surface area contributed by atoms with Crippen LogP contribution in [0.15, 0.2) is 66.9 Å². The fourth-order valence-electron chi connectivity index (χ4n) is 5.07. The summed E-state index contributed by atoms with van der Waals surface area (Å²) in [6.07, 6.45) is 4.57. The predicted octanol–water partition coefficient (Wildman–Crippen LogP) is 6.39. The number of anilines is 1. The topological polar surface area (TPSA) is 113 Å². The molecule has 0 saturated heterocycles. The molecule has 1 saturated carbocycles. The number of amides is 2. The second kappa shape index (κ2) is 12.9. The quantitative estimate of drug-likeness (QED) is 0.0923. The number of pyridine rings is 1. The van der Waals surface area contributed by atoms with Crippen LogP contribution in [-0.2, 0) is 9.59 Å². The zero-order valence-corrected chi connectivity index (χ0v) is 24.3. The van der Waals surface area contributed by atoms with Gasteiger partial charge in [0.2, 0.25) is 11.8 Å². The minimum Gasteiger partial charge on any atom is -0.493 e. The van der Waals surface area contributed by atoms with Crippen molar-refractivity contribution in [3.63, 3.8) is 0 Å². The van der Waals surface area contributed by atoms with Gasteiger partial charge in [-0.15, -0.1) is 0 Å². The molecule has 3 N–H and O–H groups in total. The van der Waals surface area contributed by atoms with Crippen molar-refractivity contribution >= 4 is 41.0 Å². The molecule has 2 atom stereocenters. The minimum absolute atomic E-state index is 0.0548. The monoisotopic (exact) mass is 607 g/mol. The summed E-state index contributed by atoms with van der Waals surface area (Å²) in [5, 5.41) is 3.20. The van der Waals surface area contributed by atoms with Gasteiger partial charge in [-0.25, -0.2) is 8.78 Å². The van der Waals surface area contributed by atoms with Gasteiger partial charge in [0.05, 0.1) is 19.2 Å². The van der Waals surface area contributed by atoms with Crippen LogP contribution in [0.4, 0.5) is 14.5 Å². The Bertz CT molecular complexity index is 1650. The third-order valence-electron chi connectivity index (χ3n) is 7.53. The number of nitrogens with zero attached hydrogens (tertiary/aromatic N) is 1. The molecule has 0 radical (unpaired) electrons. The third-order valence-corrected chi connectivity index (χ3v) is 7.85. The number of carbonyl (C=O) groups excluding carboxylic acids is 2. The van der Waals surface area contributed by atoms with Crippen molar-refractivity contribution in [1.82, 2.24) is 4.98 Å². The first-order valence-electron chi connectivity index (χ1n) is 13.8. The first-order valence-corrected chi connectivity index (χ1v) is 14.4. The van der Waals surface area contributed by atoms with Crippen LogP contribution < -0.4 is 25.3 Å². The maximum atomic E-state index is 15.4. The Labute approximate surface area is 252 Å². The Morgan fingerprint density at radius 1 is 1.00 bits per heavy atom. The Hall–Kier alpha value is -4.38. The normalized spacial score (nSPS) is 17.3. The van der Waals surface area contributed by atoms with Gasteiger partial charge in [-0.1, -0.05) is 6.07 Å². The van der Waals surface area contributed by atoms with Crippen molar-refractivity contribution in [3.05, 3.63) is 84.1 Å². The van der Waals surface area contributed by atoms with Gasteiger partial charge in [-0.2, -0.15) is 12.6 Å². The van der Waals surface area contributed by atoms with Gasteiger partial charge >= 0.3 is 0 Å². The number of methoxy groups -OCH3 is 1. The molecule has 8 nitrogen and oxygen atoms in total. The van der Waals surface area contributed by atoms with E-state index >= 15 is 4.39 Å². The number of ether oxygens (including phenoxy) is 3. The molecular weight excluding hydrogens is 576 g/mol. The Morgan fingerprint density at radius 3 is 2.49 bits per heavy atom. The van der Waals surface area contributed by atoms with Crippen LogP contribution in [0.2, 0.25) is 0 Å². The number of rotatable bonds is 13. The van der Waals surface area contributed by atoms with Crippen LogP contribution in [0.3, 0.4) is 0 Å². The van der Waals surface area contributed by atoms with Gasteiger partial charge in [0.25, 0.3) is 0 Å². The van der Waals surface area contributed by atoms with E-state index in [9.17, 15) is 14.0 Å². The fraction of sp³-hybridized carbons (Fsp3) is 0.281. The highest BCUT2D eigenvalue weighted by Crippen LogP contribution is 2.60. The molecule has 5 rings (SSSR count). The van der Waals surface area contributed by atoms with E-state index in [4.69, 9.17) is 19.9 Å². The molecule has 3 aromatic carbocycles. The summed E-state index contributed by atoms with van der Waals surface area (Å²) in [4.78, 5) is 29.9. The summed E-state index contributed by atoms with van der Waals surface area (Å²) in [5.41, 5.74) is 5.41. The van der Waals surface area contributed by atoms with Gasteiger partial charge in [-0.3, -0.25) is 14.6 Å². The van der Waals surface area contributed by atoms with E-state index in [1.165, 1.54) is 43.5 Å². The molecule has 2 amide bonds. The summed E-state index contributed by atoms with van der Waals surface area (Å²) in [6.45, 7) is 0.523. The summed E-state index contributed by atoms with van der Waals surface area (Å²) >= 11 is 4.23. The number of benzene rings is 3. The van der Waals surface area contributed by atoms with Crippen molar-refractivity contribution < 1.29 is 32.6 Å². The number of aromatic nitrogens is 1. The SMILES string of the molecule is COc1cc2c(Oc3ccc(C4CC4(C(N)=O)C(=O)Nc4ccc(F)cc4)cc3F)ccnc2cc1OCCCCCS. The van der Waals surface area contributed by atoms with Gasteiger partial charge in [-0.05, 0) is 85.5 Å². The maximum Gasteiger partial charge on any atom is 0.240 e. The number of halogens is 2. The number of hydrogen-bond donors (Lipinski definition) is 3. The Kier molecular flexibility index (Phi) is 9.00. The largest absolute Gasteiger partial charge is 0.493 e. The van der Waals surface area contributed by atoms with Gasteiger partial charge in [0, 0.05) is 29.3 Å². The number of unbranched alkanes of at least 4 members (excludes halogenated alkanes) is 2. The van der Waals surface area contributed by atoms with E-state index in [0.29, 0.717) is 46.0 Å². The molecule has 224 valence electrons. The minimum atomic E-state index is -1.55. The van der Waals surface area contributed by atoms with Crippen LogP contribution in [0.5, 0.6) is 23.0 Å². The lowest BCUT2D eigenvalue weighted by Crippen LogP contribution is -2.37. The molecule has 1 aliphatic rings. The van der Waals surface area contributed by atoms with Crippen LogP contribution in [0.25, 0.3) is 10.9 Å².